The first-order chi connectivity index (χ1) is 15.2. The molecule has 2 N–H and O–H groups in total. The molecule has 5 heteroatoms. The van der Waals surface area contributed by atoms with Gasteiger partial charge in [0, 0.05) is 42.3 Å². The quantitative estimate of drug-likeness (QED) is 0.447. The van der Waals surface area contributed by atoms with Crippen LogP contribution in [-0.2, 0) is 0 Å². The number of hydrogen-bond donors (Lipinski definition) is 2. The van der Waals surface area contributed by atoms with E-state index in [0.717, 1.165) is 16.8 Å². The van der Waals surface area contributed by atoms with E-state index >= 15 is 0 Å². The third kappa shape index (κ3) is 5.08. The average molecular weight is 409 g/mol. The summed E-state index contributed by atoms with van der Waals surface area (Å²) in [5.74, 6) is -0.328. The van der Waals surface area contributed by atoms with Gasteiger partial charge in [-0.2, -0.15) is 0 Å². The summed E-state index contributed by atoms with van der Waals surface area (Å²) in [5.41, 5.74) is 4.34. The van der Waals surface area contributed by atoms with Crippen molar-refractivity contribution in [3.05, 3.63) is 115 Å². The fourth-order valence-corrected chi connectivity index (χ4v) is 3.29. The second-order valence-electron chi connectivity index (χ2n) is 7.09. The lowest BCUT2D eigenvalue weighted by atomic mass is 10.0. The molecule has 5 nitrogen and oxygen atoms in total. The minimum absolute atomic E-state index is 0.162. The Kier molecular flexibility index (Phi) is 6.24. The van der Waals surface area contributed by atoms with Crippen LogP contribution in [0.4, 0.5) is 0 Å². The molecule has 2 amide bonds. The van der Waals surface area contributed by atoms with Crippen molar-refractivity contribution < 1.29 is 9.59 Å². The molecule has 0 bridgehead atoms. The van der Waals surface area contributed by atoms with Gasteiger partial charge in [0.2, 0.25) is 0 Å². The summed E-state index contributed by atoms with van der Waals surface area (Å²) in [7, 11) is 0. The van der Waals surface area contributed by atoms with Gasteiger partial charge in [0.15, 0.2) is 0 Å². The summed E-state index contributed by atoms with van der Waals surface area (Å²) in [6.07, 6.45) is 3.90. The van der Waals surface area contributed by atoms with Crippen molar-refractivity contribution in [1.29, 1.82) is 0 Å². The summed E-state index contributed by atoms with van der Waals surface area (Å²) < 4.78 is 1.98. The zero-order valence-corrected chi connectivity index (χ0v) is 17.0. The van der Waals surface area contributed by atoms with Gasteiger partial charge >= 0.3 is 0 Å². The molecule has 0 saturated carbocycles. The maximum atomic E-state index is 12.3. The van der Waals surface area contributed by atoms with Crippen LogP contribution >= 0.6 is 0 Å². The topological polar surface area (TPSA) is 63.1 Å². The van der Waals surface area contributed by atoms with Crippen molar-refractivity contribution in [3.63, 3.8) is 0 Å². The molecular formula is C26H23N3O2. The molecule has 4 aromatic rings. The average Bonchev–Trinajstić information content (AvgIpc) is 3.37. The Morgan fingerprint density at radius 2 is 1.06 bits per heavy atom. The Bertz CT molecular complexity index is 1130. The second-order valence-corrected chi connectivity index (χ2v) is 7.09. The number of amides is 2. The van der Waals surface area contributed by atoms with E-state index in [9.17, 15) is 9.59 Å². The molecule has 0 aliphatic carbocycles. The van der Waals surface area contributed by atoms with Crippen molar-refractivity contribution >= 4 is 11.8 Å². The van der Waals surface area contributed by atoms with Crippen molar-refractivity contribution in [1.82, 2.24) is 15.2 Å². The molecule has 0 unspecified atom stereocenters. The van der Waals surface area contributed by atoms with E-state index in [0.29, 0.717) is 24.2 Å². The smallest absolute Gasteiger partial charge is 0.251 e. The molecule has 0 aliphatic rings. The molecule has 0 radical (unpaired) electrons. The number of nitrogens with zero attached hydrogens (tertiary/aromatic N) is 1. The number of benzene rings is 3. The SMILES string of the molecule is O=C(NCCNC(=O)c1ccc(-n2cccc2)cc1)c1ccc(-c2ccccc2)cc1. The summed E-state index contributed by atoms with van der Waals surface area (Å²) >= 11 is 0. The van der Waals surface area contributed by atoms with Gasteiger partial charge in [-0.05, 0) is 59.7 Å². The van der Waals surface area contributed by atoms with Gasteiger partial charge in [0.05, 0.1) is 0 Å². The first-order valence-electron chi connectivity index (χ1n) is 10.2. The van der Waals surface area contributed by atoms with E-state index in [-0.39, 0.29) is 11.8 Å². The predicted octanol–water partition coefficient (Wildman–Crippen LogP) is 4.30. The number of carbonyl (C=O) groups is 2. The molecule has 0 fully saturated rings. The van der Waals surface area contributed by atoms with Crippen LogP contribution in [-0.4, -0.2) is 29.5 Å². The highest BCUT2D eigenvalue weighted by Gasteiger charge is 2.08. The highest BCUT2D eigenvalue weighted by molar-refractivity contribution is 5.95. The molecular weight excluding hydrogens is 386 g/mol. The van der Waals surface area contributed by atoms with Crippen LogP contribution in [0.25, 0.3) is 16.8 Å². The Hall–Kier alpha value is -4.12. The van der Waals surface area contributed by atoms with Crippen LogP contribution in [0.3, 0.4) is 0 Å². The van der Waals surface area contributed by atoms with Gasteiger partial charge < -0.3 is 15.2 Å². The maximum Gasteiger partial charge on any atom is 0.251 e. The zero-order valence-electron chi connectivity index (χ0n) is 17.0. The maximum absolute atomic E-state index is 12.3. The van der Waals surface area contributed by atoms with Gasteiger partial charge in [-0.1, -0.05) is 42.5 Å². The van der Waals surface area contributed by atoms with Gasteiger partial charge in [0.1, 0.15) is 0 Å². The van der Waals surface area contributed by atoms with Crippen LogP contribution in [0, 0.1) is 0 Å². The molecule has 0 spiro atoms. The molecule has 0 saturated heterocycles. The van der Waals surface area contributed by atoms with Crippen LogP contribution in [0.15, 0.2) is 103 Å². The summed E-state index contributed by atoms with van der Waals surface area (Å²) in [6.45, 7) is 0.707. The highest BCUT2D eigenvalue weighted by Crippen LogP contribution is 2.19. The van der Waals surface area contributed by atoms with E-state index in [4.69, 9.17) is 0 Å². The molecule has 4 rings (SSSR count). The van der Waals surface area contributed by atoms with Gasteiger partial charge in [-0.3, -0.25) is 9.59 Å². The molecule has 0 aliphatic heterocycles. The van der Waals surface area contributed by atoms with Crippen molar-refractivity contribution in [2.75, 3.05) is 13.1 Å². The number of carbonyl (C=O) groups excluding carboxylic acids is 2. The van der Waals surface area contributed by atoms with Crippen LogP contribution in [0.5, 0.6) is 0 Å². The van der Waals surface area contributed by atoms with Crippen molar-refractivity contribution in [2.24, 2.45) is 0 Å². The van der Waals surface area contributed by atoms with E-state index in [1.807, 2.05) is 95.8 Å². The van der Waals surface area contributed by atoms with E-state index in [2.05, 4.69) is 10.6 Å². The van der Waals surface area contributed by atoms with Crippen molar-refractivity contribution in [3.8, 4) is 16.8 Å². The minimum atomic E-state index is -0.166. The lowest BCUT2D eigenvalue weighted by molar-refractivity contribution is 0.0927. The van der Waals surface area contributed by atoms with Crippen molar-refractivity contribution in [2.45, 2.75) is 0 Å². The third-order valence-electron chi connectivity index (χ3n) is 4.98. The normalized spacial score (nSPS) is 10.5. The first kappa shape index (κ1) is 20.2. The Morgan fingerprint density at radius 3 is 1.61 bits per heavy atom. The largest absolute Gasteiger partial charge is 0.350 e. The number of rotatable bonds is 7. The monoisotopic (exact) mass is 409 g/mol. The fraction of sp³-hybridized carbons (Fsp3) is 0.0769. The van der Waals surface area contributed by atoms with Gasteiger partial charge in [0.25, 0.3) is 11.8 Å². The highest BCUT2D eigenvalue weighted by atomic mass is 16.2. The molecule has 1 heterocycles. The molecule has 1 aromatic heterocycles. The number of hydrogen-bond acceptors (Lipinski definition) is 2. The lowest BCUT2D eigenvalue weighted by Gasteiger charge is -2.09. The van der Waals surface area contributed by atoms with Crippen LogP contribution in [0.1, 0.15) is 20.7 Å². The number of aromatic nitrogens is 1. The molecule has 3 aromatic carbocycles. The van der Waals surface area contributed by atoms with E-state index in [1.54, 1.807) is 12.1 Å². The minimum Gasteiger partial charge on any atom is -0.350 e. The molecule has 0 atom stereocenters. The second kappa shape index (κ2) is 9.59. The summed E-state index contributed by atoms with van der Waals surface area (Å²) in [6, 6.07) is 28.8. The first-order valence-corrected chi connectivity index (χ1v) is 10.2. The van der Waals surface area contributed by atoms with E-state index in [1.165, 1.54) is 0 Å². The van der Waals surface area contributed by atoms with Crippen LogP contribution < -0.4 is 10.6 Å². The zero-order chi connectivity index (χ0) is 21.5. The molecule has 154 valence electrons. The summed E-state index contributed by atoms with van der Waals surface area (Å²) in [5, 5.41) is 5.67. The van der Waals surface area contributed by atoms with E-state index < -0.39 is 0 Å². The molecule has 31 heavy (non-hydrogen) atoms. The fourth-order valence-electron chi connectivity index (χ4n) is 3.29. The van der Waals surface area contributed by atoms with Gasteiger partial charge in [-0.25, -0.2) is 0 Å². The predicted molar refractivity (Wildman–Crippen MR) is 122 cm³/mol. The Labute approximate surface area is 181 Å². The van der Waals surface area contributed by atoms with Gasteiger partial charge in [-0.15, -0.1) is 0 Å². The lowest BCUT2D eigenvalue weighted by Crippen LogP contribution is -2.34. The summed E-state index contributed by atoms with van der Waals surface area (Å²) in [4.78, 5) is 24.6. The Morgan fingerprint density at radius 1 is 0.581 bits per heavy atom. The Balaban J connectivity index is 1.24. The standard InChI is InChI=1S/C26H23N3O2/c30-25(22-10-8-21(9-11-22)20-6-2-1-3-7-20)27-16-17-28-26(31)23-12-14-24(15-13-23)29-18-4-5-19-29/h1-15,18-19H,16-17H2,(H,27,30)(H,28,31). The number of nitrogens with one attached hydrogen (secondary N) is 2. The van der Waals surface area contributed by atoms with Crippen LogP contribution in [0.2, 0.25) is 0 Å². The third-order valence-corrected chi connectivity index (χ3v) is 4.98.